The van der Waals surface area contributed by atoms with E-state index in [1.54, 1.807) is 6.07 Å². The highest BCUT2D eigenvalue weighted by atomic mass is 32.1. The van der Waals surface area contributed by atoms with Crippen LogP contribution in [0.2, 0.25) is 0 Å². The van der Waals surface area contributed by atoms with Crippen molar-refractivity contribution >= 4 is 34.6 Å². The molecule has 2 aromatic carbocycles. The number of urea groups is 1. The number of benzene rings is 2. The van der Waals surface area contributed by atoms with Crippen LogP contribution in [0.4, 0.5) is 29.3 Å². The van der Waals surface area contributed by atoms with Gasteiger partial charge in [-0.3, -0.25) is 4.79 Å². The number of carbonyl (C=O) groups excluding carboxylic acids is 2. The molecule has 1 fully saturated rings. The largest absolute Gasteiger partial charge is 0.322 e. The lowest BCUT2D eigenvalue weighted by atomic mass is 10.2. The summed E-state index contributed by atoms with van der Waals surface area (Å²) in [6.45, 7) is 0.406. The Morgan fingerprint density at radius 3 is 2.61 bits per heavy atom. The van der Waals surface area contributed by atoms with Crippen molar-refractivity contribution in [3.8, 4) is 0 Å². The van der Waals surface area contributed by atoms with Crippen molar-refractivity contribution in [3.63, 3.8) is 0 Å². The maximum atomic E-state index is 13.9. The van der Waals surface area contributed by atoms with Crippen LogP contribution in [0.3, 0.4) is 0 Å². The fourth-order valence-electron chi connectivity index (χ4n) is 3.26. The van der Waals surface area contributed by atoms with Crippen LogP contribution < -0.4 is 10.6 Å². The van der Waals surface area contributed by atoms with Crippen molar-refractivity contribution in [1.82, 2.24) is 15.1 Å². The first-order chi connectivity index (χ1) is 14.9. The van der Waals surface area contributed by atoms with Gasteiger partial charge in [0.2, 0.25) is 5.01 Å². The third-order valence-corrected chi connectivity index (χ3v) is 5.71. The molecule has 1 saturated heterocycles. The van der Waals surface area contributed by atoms with Gasteiger partial charge in [-0.1, -0.05) is 17.4 Å². The number of halogens is 3. The lowest BCUT2D eigenvalue weighted by Crippen LogP contribution is -2.34. The molecule has 1 unspecified atom stereocenters. The Labute approximate surface area is 178 Å². The minimum Gasteiger partial charge on any atom is -0.320 e. The molecule has 4 rings (SSSR count). The van der Waals surface area contributed by atoms with Gasteiger partial charge >= 0.3 is 6.03 Å². The Balaban J connectivity index is 1.46. The second kappa shape index (κ2) is 8.72. The van der Waals surface area contributed by atoms with E-state index in [1.165, 1.54) is 23.1 Å². The number of carbonyl (C=O) groups is 2. The zero-order valence-corrected chi connectivity index (χ0v) is 16.8. The summed E-state index contributed by atoms with van der Waals surface area (Å²) in [5, 5.41) is 13.4. The third-order valence-electron chi connectivity index (χ3n) is 4.69. The number of anilines is 2. The standard InChI is InChI=1S/C20H16F3N5O2S/c21-11-3-1-4-13(9-11)24-17(29)19-27-26-18(31-19)16-5-2-8-28(16)20(30)25-15-7-6-12(22)10-14(15)23/h1,3-4,6-7,9-10,16H,2,5,8H2,(H,24,29)(H,25,30). The van der Waals surface area contributed by atoms with Gasteiger partial charge in [-0.25, -0.2) is 18.0 Å². The van der Waals surface area contributed by atoms with Gasteiger partial charge in [-0.05, 0) is 43.2 Å². The van der Waals surface area contributed by atoms with E-state index in [1.807, 2.05) is 0 Å². The maximum Gasteiger partial charge on any atom is 0.322 e. The van der Waals surface area contributed by atoms with E-state index in [-0.39, 0.29) is 16.4 Å². The molecule has 3 amide bonds. The fourth-order valence-corrected chi connectivity index (χ4v) is 4.14. The first-order valence-corrected chi connectivity index (χ1v) is 10.2. The Hall–Kier alpha value is -3.47. The second-order valence-electron chi connectivity index (χ2n) is 6.82. The predicted octanol–water partition coefficient (Wildman–Crippen LogP) is 4.58. The van der Waals surface area contributed by atoms with Gasteiger partial charge in [-0.15, -0.1) is 10.2 Å². The molecule has 31 heavy (non-hydrogen) atoms. The van der Waals surface area contributed by atoms with Gasteiger partial charge in [0, 0.05) is 18.3 Å². The molecule has 1 aliphatic heterocycles. The van der Waals surface area contributed by atoms with E-state index >= 15 is 0 Å². The topological polar surface area (TPSA) is 87.2 Å². The molecule has 3 aromatic rings. The molecular weight excluding hydrogens is 431 g/mol. The van der Waals surface area contributed by atoms with Crippen LogP contribution in [0.1, 0.15) is 33.7 Å². The van der Waals surface area contributed by atoms with E-state index in [2.05, 4.69) is 20.8 Å². The number of likely N-dealkylation sites (tertiary alicyclic amines) is 1. The number of nitrogens with zero attached hydrogens (tertiary/aromatic N) is 3. The minimum atomic E-state index is -0.878. The molecule has 160 valence electrons. The van der Waals surface area contributed by atoms with Crippen LogP contribution >= 0.6 is 11.3 Å². The molecule has 2 heterocycles. The predicted molar refractivity (Wildman–Crippen MR) is 108 cm³/mol. The fraction of sp³-hybridized carbons (Fsp3) is 0.200. The maximum absolute atomic E-state index is 13.9. The number of hydrogen-bond donors (Lipinski definition) is 2. The molecule has 0 bridgehead atoms. The lowest BCUT2D eigenvalue weighted by molar-refractivity contribution is 0.102. The zero-order chi connectivity index (χ0) is 22.0. The SMILES string of the molecule is O=C(Nc1cccc(F)c1)c1nnc(C2CCCN2C(=O)Nc2ccc(F)cc2F)s1. The molecule has 7 nitrogen and oxygen atoms in total. The molecule has 1 atom stereocenters. The van der Waals surface area contributed by atoms with Gasteiger partial charge in [0.25, 0.3) is 5.91 Å². The van der Waals surface area contributed by atoms with Crippen LogP contribution in [-0.4, -0.2) is 33.6 Å². The quantitative estimate of drug-likeness (QED) is 0.613. The Kier molecular flexibility index (Phi) is 5.85. The van der Waals surface area contributed by atoms with Crippen LogP contribution in [0, 0.1) is 17.5 Å². The molecule has 1 aromatic heterocycles. The van der Waals surface area contributed by atoms with E-state index in [4.69, 9.17) is 0 Å². The summed E-state index contributed by atoms with van der Waals surface area (Å²) in [5.74, 6) is -2.65. The molecular formula is C20H16F3N5O2S. The van der Waals surface area contributed by atoms with Crippen LogP contribution in [0.15, 0.2) is 42.5 Å². The summed E-state index contributed by atoms with van der Waals surface area (Å²) in [5.41, 5.74) is 0.148. The first-order valence-electron chi connectivity index (χ1n) is 9.34. The summed E-state index contributed by atoms with van der Waals surface area (Å²) in [6.07, 6.45) is 1.29. The van der Waals surface area contributed by atoms with E-state index in [9.17, 15) is 22.8 Å². The number of aromatic nitrogens is 2. The van der Waals surface area contributed by atoms with Crippen molar-refractivity contribution in [2.75, 3.05) is 17.2 Å². The van der Waals surface area contributed by atoms with E-state index < -0.39 is 35.4 Å². The van der Waals surface area contributed by atoms with Gasteiger partial charge in [0.05, 0.1) is 11.7 Å². The normalized spacial score (nSPS) is 15.7. The molecule has 1 aliphatic rings. The Bertz CT molecular complexity index is 1140. The lowest BCUT2D eigenvalue weighted by Gasteiger charge is -2.23. The van der Waals surface area contributed by atoms with Crippen molar-refractivity contribution in [3.05, 3.63) is 69.9 Å². The summed E-state index contributed by atoms with van der Waals surface area (Å²) >= 11 is 1.02. The average Bonchev–Trinajstić information content (AvgIpc) is 3.39. The molecule has 2 N–H and O–H groups in total. The van der Waals surface area contributed by atoms with Crippen LogP contribution in [-0.2, 0) is 0 Å². The smallest absolute Gasteiger partial charge is 0.320 e. The summed E-state index contributed by atoms with van der Waals surface area (Å²) in [7, 11) is 0. The van der Waals surface area contributed by atoms with Crippen LogP contribution in [0.25, 0.3) is 0 Å². The first kappa shape index (κ1) is 20.8. The average molecular weight is 447 g/mol. The summed E-state index contributed by atoms with van der Waals surface area (Å²) in [6, 6.07) is 7.34. The second-order valence-corrected chi connectivity index (χ2v) is 7.82. The van der Waals surface area contributed by atoms with Crippen molar-refractivity contribution < 1.29 is 22.8 Å². The summed E-state index contributed by atoms with van der Waals surface area (Å²) in [4.78, 5) is 26.5. The molecule has 0 radical (unpaired) electrons. The van der Waals surface area contributed by atoms with Gasteiger partial charge in [0.15, 0.2) is 0 Å². The minimum absolute atomic E-state index is 0.0658. The Morgan fingerprint density at radius 2 is 1.84 bits per heavy atom. The highest BCUT2D eigenvalue weighted by Crippen LogP contribution is 2.34. The third kappa shape index (κ3) is 4.66. The monoisotopic (exact) mass is 447 g/mol. The van der Waals surface area contributed by atoms with E-state index in [0.29, 0.717) is 30.5 Å². The van der Waals surface area contributed by atoms with Crippen LogP contribution in [0.5, 0.6) is 0 Å². The zero-order valence-electron chi connectivity index (χ0n) is 15.9. The molecule has 0 saturated carbocycles. The number of amides is 3. The Morgan fingerprint density at radius 1 is 1.03 bits per heavy atom. The molecule has 0 spiro atoms. The van der Waals surface area contributed by atoms with Crippen molar-refractivity contribution in [2.45, 2.75) is 18.9 Å². The molecule has 0 aliphatic carbocycles. The molecule has 11 heteroatoms. The number of nitrogens with one attached hydrogen (secondary N) is 2. The van der Waals surface area contributed by atoms with Crippen molar-refractivity contribution in [1.29, 1.82) is 0 Å². The summed E-state index contributed by atoms with van der Waals surface area (Å²) < 4.78 is 40.2. The van der Waals surface area contributed by atoms with Gasteiger partial charge in [-0.2, -0.15) is 0 Å². The number of hydrogen-bond acceptors (Lipinski definition) is 5. The highest BCUT2D eigenvalue weighted by Gasteiger charge is 2.33. The van der Waals surface area contributed by atoms with Crippen molar-refractivity contribution in [2.24, 2.45) is 0 Å². The van der Waals surface area contributed by atoms with E-state index in [0.717, 1.165) is 23.5 Å². The van der Waals surface area contributed by atoms with Gasteiger partial charge < -0.3 is 15.5 Å². The van der Waals surface area contributed by atoms with Gasteiger partial charge in [0.1, 0.15) is 22.5 Å². The number of rotatable bonds is 4. The highest BCUT2D eigenvalue weighted by molar-refractivity contribution is 7.13.